The average Bonchev–Trinajstić information content (AvgIpc) is 2.15. The van der Waals surface area contributed by atoms with Crippen molar-refractivity contribution in [2.24, 2.45) is 0 Å². The molecule has 0 saturated heterocycles. The summed E-state index contributed by atoms with van der Waals surface area (Å²) in [6.07, 6.45) is 1.26. The molecule has 1 aromatic rings. The van der Waals surface area contributed by atoms with Crippen molar-refractivity contribution < 1.29 is 8.42 Å². The lowest BCUT2D eigenvalue weighted by atomic mass is 9.81. The molecule has 0 amide bonds. The van der Waals surface area contributed by atoms with Gasteiger partial charge in [-0.2, -0.15) is 0 Å². The Morgan fingerprint density at radius 1 is 1.25 bits per heavy atom. The fourth-order valence-corrected chi connectivity index (χ4v) is 3.04. The molecule has 2 N–H and O–H groups in total. The number of rotatable bonds is 3. The summed E-state index contributed by atoms with van der Waals surface area (Å²) < 4.78 is 23.2. The number of hydrogen-bond donors (Lipinski definition) is 1. The quantitative estimate of drug-likeness (QED) is 0.823. The third kappa shape index (κ3) is 2.38. The summed E-state index contributed by atoms with van der Waals surface area (Å²) in [5.74, 6) is 0. The van der Waals surface area contributed by atoms with Gasteiger partial charge in [0.05, 0.1) is 5.25 Å². The zero-order valence-electron chi connectivity index (χ0n) is 10.2. The van der Waals surface area contributed by atoms with Crippen molar-refractivity contribution in [1.29, 1.82) is 0 Å². The molecule has 1 atom stereocenters. The number of anilines is 1. The van der Waals surface area contributed by atoms with Crippen molar-refractivity contribution in [3.63, 3.8) is 0 Å². The van der Waals surface area contributed by atoms with E-state index < -0.39 is 20.5 Å². The first-order valence-electron chi connectivity index (χ1n) is 5.21. The molecule has 0 spiro atoms. The maximum atomic E-state index is 11.6. The minimum atomic E-state index is -3.08. The van der Waals surface area contributed by atoms with E-state index in [4.69, 9.17) is 5.73 Å². The topological polar surface area (TPSA) is 60.2 Å². The Morgan fingerprint density at radius 2 is 1.75 bits per heavy atom. The normalized spacial score (nSPS) is 14.8. The minimum absolute atomic E-state index is 0.468. The number of nitrogen functional groups attached to an aromatic ring is 1. The van der Waals surface area contributed by atoms with E-state index in [9.17, 15) is 8.42 Å². The monoisotopic (exact) mass is 241 g/mol. The number of sulfone groups is 1. The molecule has 0 saturated carbocycles. The van der Waals surface area contributed by atoms with Crippen LogP contribution in [0.25, 0.3) is 0 Å². The van der Waals surface area contributed by atoms with Crippen LogP contribution in [0.5, 0.6) is 0 Å². The summed E-state index contributed by atoms with van der Waals surface area (Å²) in [5, 5.41) is -0.468. The van der Waals surface area contributed by atoms with Crippen LogP contribution in [0, 0.1) is 0 Å². The fraction of sp³-hybridized carbons (Fsp3) is 0.500. The molecule has 16 heavy (non-hydrogen) atoms. The van der Waals surface area contributed by atoms with Gasteiger partial charge in [-0.1, -0.05) is 32.0 Å². The summed E-state index contributed by atoms with van der Waals surface area (Å²) in [4.78, 5) is 0. The average molecular weight is 241 g/mol. The number of hydrogen-bond acceptors (Lipinski definition) is 3. The Morgan fingerprint density at radius 3 is 2.19 bits per heavy atom. The van der Waals surface area contributed by atoms with Crippen molar-refractivity contribution in [3.05, 3.63) is 29.8 Å². The lowest BCUT2D eigenvalue weighted by Gasteiger charge is -2.32. The van der Waals surface area contributed by atoms with Crippen molar-refractivity contribution in [1.82, 2.24) is 0 Å². The summed E-state index contributed by atoms with van der Waals surface area (Å²) in [6, 6.07) is 7.41. The van der Waals surface area contributed by atoms with Crippen LogP contribution in [0.15, 0.2) is 24.3 Å². The van der Waals surface area contributed by atoms with Crippen LogP contribution >= 0.6 is 0 Å². The maximum Gasteiger partial charge on any atom is 0.150 e. The molecule has 1 aromatic carbocycles. The van der Waals surface area contributed by atoms with Gasteiger partial charge in [0.15, 0.2) is 9.84 Å². The second kappa shape index (κ2) is 4.09. The van der Waals surface area contributed by atoms with Gasteiger partial charge in [0.25, 0.3) is 0 Å². The minimum Gasteiger partial charge on any atom is -0.398 e. The first kappa shape index (κ1) is 13.0. The Bertz CT molecular complexity index is 478. The van der Waals surface area contributed by atoms with E-state index >= 15 is 0 Å². The molecule has 0 aliphatic rings. The molecule has 1 rings (SSSR count). The predicted molar refractivity (Wildman–Crippen MR) is 68.2 cm³/mol. The highest BCUT2D eigenvalue weighted by Crippen LogP contribution is 2.34. The molecule has 1 unspecified atom stereocenters. The van der Waals surface area contributed by atoms with Crippen LogP contribution in [-0.2, 0) is 15.3 Å². The zero-order valence-corrected chi connectivity index (χ0v) is 11.0. The number of para-hydroxylation sites is 1. The van der Waals surface area contributed by atoms with Crippen LogP contribution in [-0.4, -0.2) is 19.9 Å². The van der Waals surface area contributed by atoms with Gasteiger partial charge in [-0.05, 0) is 18.6 Å². The second-order valence-electron chi connectivity index (χ2n) is 4.78. The molecular formula is C12H19NO2S. The molecule has 0 fully saturated rings. The van der Waals surface area contributed by atoms with E-state index in [1.165, 1.54) is 6.26 Å². The third-order valence-electron chi connectivity index (χ3n) is 3.31. The largest absolute Gasteiger partial charge is 0.398 e. The fourth-order valence-electron chi connectivity index (χ4n) is 1.84. The van der Waals surface area contributed by atoms with E-state index in [1.54, 1.807) is 13.0 Å². The summed E-state index contributed by atoms with van der Waals surface area (Å²) in [7, 11) is -3.08. The van der Waals surface area contributed by atoms with Crippen LogP contribution in [0.1, 0.15) is 26.3 Å². The van der Waals surface area contributed by atoms with Crippen molar-refractivity contribution in [2.75, 3.05) is 12.0 Å². The highest BCUT2D eigenvalue weighted by atomic mass is 32.2. The van der Waals surface area contributed by atoms with E-state index in [1.807, 2.05) is 32.0 Å². The van der Waals surface area contributed by atoms with Crippen molar-refractivity contribution >= 4 is 15.5 Å². The Balaban J connectivity index is 3.27. The van der Waals surface area contributed by atoms with Crippen LogP contribution < -0.4 is 5.73 Å². The molecule has 0 aliphatic carbocycles. The first-order valence-corrected chi connectivity index (χ1v) is 7.16. The van der Waals surface area contributed by atoms with E-state index in [-0.39, 0.29) is 0 Å². The van der Waals surface area contributed by atoms with E-state index in [0.717, 1.165) is 5.56 Å². The molecule has 0 aromatic heterocycles. The predicted octanol–water partition coefficient (Wildman–Crippen LogP) is 1.98. The standard InChI is InChI=1S/C12H19NO2S/c1-9(16(4,14)15)12(2,3)10-7-5-6-8-11(10)13/h5-9H,13H2,1-4H3. The van der Waals surface area contributed by atoms with Gasteiger partial charge in [0.2, 0.25) is 0 Å². The highest BCUT2D eigenvalue weighted by Gasteiger charge is 2.35. The Labute approximate surface area is 97.6 Å². The molecule has 0 aliphatic heterocycles. The Kier molecular flexibility index (Phi) is 3.33. The summed E-state index contributed by atoms with van der Waals surface area (Å²) >= 11 is 0. The molecule has 0 radical (unpaired) electrons. The summed E-state index contributed by atoms with van der Waals surface area (Å²) in [5.41, 5.74) is 6.93. The number of nitrogens with two attached hydrogens (primary N) is 1. The van der Waals surface area contributed by atoms with Crippen molar-refractivity contribution in [3.8, 4) is 0 Å². The van der Waals surface area contributed by atoms with Crippen molar-refractivity contribution in [2.45, 2.75) is 31.4 Å². The van der Waals surface area contributed by atoms with Crippen LogP contribution in [0.4, 0.5) is 5.69 Å². The molecule has 3 nitrogen and oxygen atoms in total. The van der Waals surface area contributed by atoms with Crippen LogP contribution in [0.3, 0.4) is 0 Å². The smallest absolute Gasteiger partial charge is 0.150 e. The SMILES string of the molecule is CC(C(C)(C)c1ccccc1N)S(C)(=O)=O. The highest BCUT2D eigenvalue weighted by molar-refractivity contribution is 7.91. The lowest BCUT2D eigenvalue weighted by molar-refractivity contribution is 0.487. The van der Waals surface area contributed by atoms with Gasteiger partial charge in [-0.3, -0.25) is 0 Å². The van der Waals surface area contributed by atoms with Gasteiger partial charge in [0.1, 0.15) is 0 Å². The summed E-state index contributed by atoms with van der Waals surface area (Å²) in [6.45, 7) is 5.54. The van der Waals surface area contributed by atoms with Gasteiger partial charge < -0.3 is 5.73 Å². The third-order valence-corrected chi connectivity index (χ3v) is 5.19. The van der Waals surface area contributed by atoms with Gasteiger partial charge >= 0.3 is 0 Å². The Hall–Kier alpha value is -1.03. The van der Waals surface area contributed by atoms with Gasteiger partial charge in [-0.15, -0.1) is 0 Å². The van der Waals surface area contributed by atoms with Gasteiger partial charge in [0, 0.05) is 17.4 Å². The molecular weight excluding hydrogens is 222 g/mol. The van der Waals surface area contributed by atoms with E-state index in [2.05, 4.69) is 0 Å². The second-order valence-corrected chi connectivity index (χ2v) is 7.15. The molecule has 0 bridgehead atoms. The van der Waals surface area contributed by atoms with E-state index in [0.29, 0.717) is 5.69 Å². The maximum absolute atomic E-state index is 11.6. The van der Waals surface area contributed by atoms with Gasteiger partial charge in [-0.25, -0.2) is 8.42 Å². The zero-order chi connectivity index (χ0) is 12.6. The number of benzene rings is 1. The molecule has 4 heteroatoms. The first-order chi connectivity index (χ1) is 7.17. The van der Waals surface area contributed by atoms with Crippen LogP contribution in [0.2, 0.25) is 0 Å². The molecule has 90 valence electrons. The lowest BCUT2D eigenvalue weighted by Crippen LogP contribution is -2.37. The molecule has 0 heterocycles.